The van der Waals surface area contributed by atoms with Crippen molar-refractivity contribution in [3.8, 4) is 11.3 Å². The molecule has 0 saturated carbocycles. The van der Waals surface area contributed by atoms with Crippen LogP contribution in [0.1, 0.15) is 18.4 Å². The largest absolute Gasteiger partial charge is 0.378 e. The molecular weight excluding hydrogens is 280 g/mol. The van der Waals surface area contributed by atoms with Crippen LogP contribution in [0.3, 0.4) is 0 Å². The summed E-state index contributed by atoms with van der Waals surface area (Å²) in [4.78, 5) is 4.80. The molecule has 1 N–H and O–H groups in total. The number of nitrogens with zero attached hydrogens (tertiary/aromatic N) is 1. The van der Waals surface area contributed by atoms with E-state index in [9.17, 15) is 0 Å². The highest BCUT2D eigenvalue weighted by molar-refractivity contribution is 7.09. The van der Waals surface area contributed by atoms with E-state index in [-0.39, 0.29) is 0 Å². The first-order valence-electron chi connectivity index (χ1n) is 7.56. The van der Waals surface area contributed by atoms with Crippen molar-refractivity contribution in [3.05, 3.63) is 40.7 Å². The van der Waals surface area contributed by atoms with Gasteiger partial charge in [-0.1, -0.05) is 30.3 Å². The summed E-state index contributed by atoms with van der Waals surface area (Å²) in [6.07, 6.45) is 2.46. The Labute approximate surface area is 130 Å². The van der Waals surface area contributed by atoms with E-state index in [1.54, 1.807) is 11.3 Å². The number of hydrogen-bond donors (Lipinski definition) is 1. The molecule has 1 aliphatic heterocycles. The van der Waals surface area contributed by atoms with Gasteiger partial charge in [-0.15, -0.1) is 11.3 Å². The van der Waals surface area contributed by atoms with Gasteiger partial charge in [0.1, 0.15) is 0 Å². The van der Waals surface area contributed by atoms with Crippen LogP contribution in [0.5, 0.6) is 0 Å². The van der Waals surface area contributed by atoms with Gasteiger partial charge in [0.25, 0.3) is 0 Å². The van der Waals surface area contributed by atoms with Gasteiger partial charge in [0.05, 0.1) is 16.8 Å². The maximum Gasteiger partial charge on any atom is 0.0948 e. The zero-order valence-corrected chi connectivity index (χ0v) is 13.4. The summed E-state index contributed by atoms with van der Waals surface area (Å²) in [6.45, 7) is 3.07. The number of thiazole rings is 1. The Morgan fingerprint density at radius 3 is 2.86 bits per heavy atom. The highest BCUT2D eigenvalue weighted by atomic mass is 32.1. The van der Waals surface area contributed by atoms with Crippen molar-refractivity contribution in [2.75, 3.05) is 13.7 Å². The van der Waals surface area contributed by atoms with Gasteiger partial charge in [-0.25, -0.2) is 4.98 Å². The van der Waals surface area contributed by atoms with E-state index >= 15 is 0 Å². The van der Waals surface area contributed by atoms with E-state index in [1.165, 1.54) is 10.6 Å². The predicted molar refractivity (Wildman–Crippen MR) is 87.6 cm³/mol. The number of likely N-dealkylation sites (N-methyl/N-ethyl adjacent to an activating group) is 1. The lowest BCUT2D eigenvalue weighted by Crippen LogP contribution is -2.38. The molecule has 3 atom stereocenters. The van der Waals surface area contributed by atoms with Gasteiger partial charge in [0.2, 0.25) is 0 Å². The molecule has 0 amide bonds. The molecule has 112 valence electrons. The summed E-state index contributed by atoms with van der Waals surface area (Å²) in [5, 5.41) is 6.82. The topological polar surface area (TPSA) is 34.2 Å². The molecule has 2 aromatic rings. The van der Waals surface area contributed by atoms with Gasteiger partial charge in [0.15, 0.2) is 0 Å². The Kier molecular flexibility index (Phi) is 4.68. The van der Waals surface area contributed by atoms with Crippen LogP contribution < -0.4 is 5.32 Å². The lowest BCUT2D eigenvalue weighted by Gasteiger charge is -2.24. The van der Waals surface area contributed by atoms with Gasteiger partial charge in [-0.3, -0.25) is 0 Å². The van der Waals surface area contributed by atoms with Crippen molar-refractivity contribution in [2.24, 2.45) is 5.92 Å². The highest BCUT2D eigenvalue weighted by Crippen LogP contribution is 2.28. The average Bonchev–Trinajstić information content (AvgIpc) is 3.15. The normalized spacial score (nSPS) is 23.3. The zero-order chi connectivity index (χ0) is 14.7. The monoisotopic (exact) mass is 302 g/mol. The molecular formula is C17H22N2OS. The Hall–Kier alpha value is -1.23. The molecule has 1 fully saturated rings. The Morgan fingerprint density at radius 2 is 2.19 bits per heavy atom. The number of benzene rings is 1. The Morgan fingerprint density at radius 1 is 1.38 bits per heavy atom. The second-order valence-corrected chi connectivity index (χ2v) is 6.56. The van der Waals surface area contributed by atoms with Crippen LogP contribution in [-0.4, -0.2) is 30.8 Å². The van der Waals surface area contributed by atoms with Gasteiger partial charge < -0.3 is 10.1 Å². The van der Waals surface area contributed by atoms with Gasteiger partial charge in [0, 0.05) is 35.9 Å². The molecule has 2 heterocycles. The number of ether oxygens (including phenoxy) is 1. The van der Waals surface area contributed by atoms with Gasteiger partial charge in [-0.2, -0.15) is 0 Å². The van der Waals surface area contributed by atoms with Crippen LogP contribution in [0.15, 0.2) is 35.7 Å². The maximum absolute atomic E-state index is 5.70. The SMILES string of the molecule is CNC(Cc1nc(-c2ccccc2)cs1)C1CCOC1C. The molecule has 1 aromatic carbocycles. The lowest BCUT2D eigenvalue weighted by molar-refractivity contribution is 0.0963. The molecule has 0 spiro atoms. The minimum absolute atomic E-state index is 0.344. The fourth-order valence-corrected chi connectivity index (χ4v) is 3.94. The Balaban J connectivity index is 1.71. The van der Waals surface area contributed by atoms with E-state index in [0.29, 0.717) is 18.1 Å². The van der Waals surface area contributed by atoms with Crippen LogP contribution in [0.4, 0.5) is 0 Å². The summed E-state index contributed by atoms with van der Waals surface area (Å²) in [5.74, 6) is 0.582. The van der Waals surface area contributed by atoms with E-state index in [0.717, 1.165) is 25.1 Å². The van der Waals surface area contributed by atoms with Crippen molar-refractivity contribution in [3.63, 3.8) is 0 Å². The third kappa shape index (κ3) is 3.34. The van der Waals surface area contributed by atoms with Crippen LogP contribution in [-0.2, 0) is 11.2 Å². The second kappa shape index (κ2) is 6.69. The molecule has 4 heteroatoms. The first kappa shape index (κ1) is 14.7. The molecule has 1 saturated heterocycles. The lowest BCUT2D eigenvalue weighted by atomic mass is 9.91. The van der Waals surface area contributed by atoms with Crippen LogP contribution in [0.25, 0.3) is 11.3 Å². The summed E-state index contributed by atoms with van der Waals surface area (Å²) in [5.41, 5.74) is 2.28. The third-order valence-corrected chi connectivity index (χ3v) is 5.21. The summed E-state index contributed by atoms with van der Waals surface area (Å²) in [6, 6.07) is 10.8. The van der Waals surface area contributed by atoms with Gasteiger partial charge in [-0.05, 0) is 20.4 Å². The molecule has 0 bridgehead atoms. The highest BCUT2D eigenvalue weighted by Gasteiger charge is 2.31. The first-order chi connectivity index (χ1) is 10.3. The van der Waals surface area contributed by atoms with Crippen molar-refractivity contribution >= 4 is 11.3 Å². The van der Waals surface area contributed by atoms with Crippen LogP contribution in [0.2, 0.25) is 0 Å². The van der Waals surface area contributed by atoms with Crippen molar-refractivity contribution in [1.29, 1.82) is 0 Å². The van der Waals surface area contributed by atoms with Crippen molar-refractivity contribution < 1.29 is 4.74 Å². The molecule has 0 radical (unpaired) electrons. The van der Waals surface area contributed by atoms with E-state index < -0.39 is 0 Å². The number of hydrogen-bond acceptors (Lipinski definition) is 4. The van der Waals surface area contributed by atoms with E-state index in [1.807, 2.05) is 13.1 Å². The number of nitrogens with one attached hydrogen (secondary N) is 1. The summed E-state index contributed by atoms with van der Waals surface area (Å²) in [7, 11) is 2.04. The van der Waals surface area contributed by atoms with E-state index in [4.69, 9.17) is 9.72 Å². The smallest absolute Gasteiger partial charge is 0.0948 e. The number of rotatable bonds is 5. The quantitative estimate of drug-likeness (QED) is 0.919. The molecule has 0 aliphatic carbocycles. The maximum atomic E-state index is 5.70. The average molecular weight is 302 g/mol. The Bertz CT molecular complexity index is 569. The summed E-state index contributed by atoms with van der Waals surface area (Å²) >= 11 is 1.76. The predicted octanol–water partition coefficient (Wildman–Crippen LogP) is 3.37. The fourth-order valence-electron chi connectivity index (χ4n) is 3.08. The van der Waals surface area contributed by atoms with Gasteiger partial charge >= 0.3 is 0 Å². The molecule has 3 nitrogen and oxygen atoms in total. The second-order valence-electron chi connectivity index (χ2n) is 5.62. The van der Waals surface area contributed by atoms with Crippen LogP contribution >= 0.6 is 11.3 Å². The minimum atomic E-state index is 0.344. The molecule has 21 heavy (non-hydrogen) atoms. The fraction of sp³-hybridized carbons (Fsp3) is 0.471. The molecule has 1 aliphatic rings. The number of aromatic nitrogens is 1. The molecule has 3 unspecified atom stereocenters. The van der Waals surface area contributed by atoms with Crippen molar-refractivity contribution in [2.45, 2.75) is 31.9 Å². The zero-order valence-electron chi connectivity index (χ0n) is 12.6. The summed E-state index contributed by atoms with van der Waals surface area (Å²) < 4.78 is 5.70. The molecule has 1 aromatic heterocycles. The minimum Gasteiger partial charge on any atom is -0.378 e. The standard InChI is InChI=1S/C17H22N2OS/c1-12-14(8-9-20-12)15(18-2)10-17-19-16(11-21-17)13-6-4-3-5-7-13/h3-7,11-12,14-15,18H,8-10H2,1-2H3. The third-order valence-electron chi connectivity index (χ3n) is 4.34. The van der Waals surface area contributed by atoms with Crippen molar-refractivity contribution in [1.82, 2.24) is 10.3 Å². The van der Waals surface area contributed by atoms with E-state index in [2.05, 4.69) is 41.9 Å². The van der Waals surface area contributed by atoms with Crippen LogP contribution in [0, 0.1) is 5.92 Å². The molecule has 3 rings (SSSR count). The first-order valence-corrected chi connectivity index (χ1v) is 8.44.